The summed E-state index contributed by atoms with van der Waals surface area (Å²) in [4.78, 5) is 0. The molecule has 3 N–H and O–H groups in total. The second-order valence-electron chi connectivity index (χ2n) is 3.70. The van der Waals surface area contributed by atoms with Gasteiger partial charge < -0.3 is 15.5 Å². The summed E-state index contributed by atoms with van der Waals surface area (Å²) in [7, 11) is 0. The predicted molar refractivity (Wildman–Crippen MR) is 54.5 cm³/mol. The Hall–Kier alpha value is -1.22. The molecule has 1 atom stereocenters. The summed E-state index contributed by atoms with van der Waals surface area (Å²) in [5.41, 5.74) is 2.26. The molecule has 1 aromatic carbocycles. The van der Waals surface area contributed by atoms with Crippen LogP contribution in [0.4, 0.5) is 0 Å². The molecule has 0 unspecified atom stereocenters. The molecule has 0 spiro atoms. The summed E-state index contributed by atoms with van der Waals surface area (Å²) < 4.78 is 0. The van der Waals surface area contributed by atoms with E-state index in [0.717, 1.165) is 30.5 Å². The quantitative estimate of drug-likeness (QED) is 0.595. The number of aromatic hydroxyl groups is 2. The second-order valence-corrected chi connectivity index (χ2v) is 3.70. The fourth-order valence-corrected chi connectivity index (χ4v) is 2.03. The van der Waals surface area contributed by atoms with Crippen molar-refractivity contribution >= 4 is 0 Å². The standard InChI is InChI=1S/C11H15NO2/c1-2-9-8-6-11(14)10(13)5-7(8)3-4-12-9/h5-6,9,12-14H,2-4H2,1H3/t9-/m0/s1. The monoisotopic (exact) mass is 193 g/mol. The van der Waals surface area contributed by atoms with Gasteiger partial charge in [0.1, 0.15) is 0 Å². The minimum atomic E-state index is -0.0223. The third kappa shape index (κ3) is 1.44. The Labute approximate surface area is 83.4 Å². The largest absolute Gasteiger partial charge is 0.504 e. The molecule has 0 amide bonds. The molecule has 0 fully saturated rings. The molecule has 1 heterocycles. The van der Waals surface area contributed by atoms with E-state index in [9.17, 15) is 10.2 Å². The first-order valence-corrected chi connectivity index (χ1v) is 5.00. The van der Waals surface area contributed by atoms with E-state index < -0.39 is 0 Å². The van der Waals surface area contributed by atoms with Gasteiger partial charge in [-0.3, -0.25) is 0 Å². The van der Waals surface area contributed by atoms with E-state index in [4.69, 9.17) is 0 Å². The maximum absolute atomic E-state index is 9.41. The van der Waals surface area contributed by atoms with Gasteiger partial charge in [-0.15, -0.1) is 0 Å². The van der Waals surface area contributed by atoms with Crippen molar-refractivity contribution in [3.63, 3.8) is 0 Å². The molecule has 0 saturated heterocycles. The van der Waals surface area contributed by atoms with Crippen LogP contribution in [0.2, 0.25) is 0 Å². The summed E-state index contributed by atoms with van der Waals surface area (Å²) in [5, 5.41) is 22.2. The zero-order chi connectivity index (χ0) is 10.1. The molecule has 2 rings (SSSR count). The Bertz CT molecular complexity index is 349. The molecule has 1 aliphatic heterocycles. The van der Waals surface area contributed by atoms with Crippen molar-refractivity contribution in [2.45, 2.75) is 25.8 Å². The van der Waals surface area contributed by atoms with E-state index >= 15 is 0 Å². The molecule has 3 heteroatoms. The fraction of sp³-hybridized carbons (Fsp3) is 0.455. The zero-order valence-corrected chi connectivity index (χ0v) is 8.25. The van der Waals surface area contributed by atoms with Crippen LogP contribution in [0.1, 0.15) is 30.5 Å². The SMILES string of the molecule is CC[C@@H]1NCCc2cc(O)c(O)cc21. The van der Waals surface area contributed by atoms with Gasteiger partial charge in [-0.2, -0.15) is 0 Å². The molecule has 0 aromatic heterocycles. The van der Waals surface area contributed by atoms with Gasteiger partial charge in [0.25, 0.3) is 0 Å². The lowest BCUT2D eigenvalue weighted by Crippen LogP contribution is -2.29. The number of hydrogen-bond acceptors (Lipinski definition) is 3. The van der Waals surface area contributed by atoms with Crippen molar-refractivity contribution in [2.75, 3.05) is 6.54 Å². The van der Waals surface area contributed by atoms with E-state index in [0.29, 0.717) is 6.04 Å². The van der Waals surface area contributed by atoms with Crippen LogP contribution >= 0.6 is 0 Å². The molecule has 1 aliphatic rings. The Morgan fingerprint density at radius 3 is 2.79 bits per heavy atom. The van der Waals surface area contributed by atoms with Crippen LogP contribution in [0.3, 0.4) is 0 Å². The van der Waals surface area contributed by atoms with Crippen molar-refractivity contribution in [1.29, 1.82) is 0 Å². The van der Waals surface area contributed by atoms with Crippen LogP contribution in [0, 0.1) is 0 Å². The first-order chi connectivity index (χ1) is 6.72. The van der Waals surface area contributed by atoms with Crippen molar-refractivity contribution in [1.82, 2.24) is 5.32 Å². The lowest BCUT2D eigenvalue weighted by Gasteiger charge is -2.26. The number of nitrogens with one attached hydrogen (secondary N) is 1. The van der Waals surface area contributed by atoms with Crippen LogP contribution < -0.4 is 5.32 Å². The maximum Gasteiger partial charge on any atom is 0.157 e. The topological polar surface area (TPSA) is 52.5 Å². The van der Waals surface area contributed by atoms with Crippen molar-refractivity contribution in [2.24, 2.45) is 0 Å². The molecule has 0 aliphatic carbocycles. The molecule has 0 saturated carbocycles. The lowest BCUT2D eigenvalue weighted by molar-refractivity contribution is 0.398. The van der Waals surface area contributed by atoms with E-state index in [1.807, 2.05) is 0 Å². The van der Waals surface area contributed by atoms with Crippen molar-refractivity contribution in [3.05, 3.63) is 23.3 Å². The van der Waals surface area contributed by atoms with Gasteiger partial charge in [0.2, 0.25) is 0 Å². The van der Waals surface area contributed by atoms with Crippen LogP contribution in [0.15, 0.2) is 12.1 Å². The Kier molecular flexibility index (Phi) is 2.33. The fourth-order valence-electron chi connectivity index (χ4n) is 2.03. The first-order valence-electron chi connectivity index (χ1n) is 5.00. The third-order valence-electron chi connectivity index (χ3n) is 2.81. The molecule has 3 nitrogen and oxygen atoms in total. The van der Waals surface area contributed by atoms with Gasteiger partial charge in [0.15, 0.2) is 11.5 Å². The minimum Gasteiger partial charge on any atom is -0.504 e. The number of phenolic OH excluding ortho intramolecular Hbond substituents is 2. The average molecular weight is 193 g/mol. The number of hydrogen-bond donors (Lipinski definition) is 3. The highest BCUT2D eigenvalue weighted by Crippen LogP contribution is 2.34. The van der Waals surface area contributed by atoms with Gasteiger partial charge in [-0.25, -0.2) is 0 Å². The number of phenols is 2. The van der Waals surface area contributed by atoms with Crippen LogP contribution in [0.25, 0.3) is 0 Å². The molecule has 1 aromatic rings. The maximum atomic E-state index is 9.41. The predicted octanol–water partition coefficient (Wildman–Crippen LogP) is 1.69. The minimum absolute atomic E-state index is 0.0134. The number of rotatable bonds is 1. The second kappa shape index (κ2) is 3.50. The highest BCUT2D eigenvalue weighted by Gasteiger charge is 2.19. The van der Waals surface area contributed by atoms with Crippen molar-refractivity contribution < 1.29 is 10.2 Å². The third-order valence-corrected chi connectivity index (χ3v) is 2.81. The Morgan fingerprint density at radius 1 is 1.36 bits per heavy atom. The van der Waals surface area contributed by atoms with Gasteiger partial charge >= 0.3 is 0 Å². The van der Waals surface area contributed by atoms with E-state index in [2.05, 4.69) is 12.2 Å². The Balaban J connectivity index is 2.47. The summed E-state index contributed by atoms with van der Waals surface area (Å²) in [5.74, 6) is -0.0357. The van der Waals surface area contributed by atoms with Gasteiger partial charge in [0.05, 0.1) is 0 Å². The van der Waals surface area contributed by atoms with Gasteiger partial charge in [-0.05, 0) is 42.6 Å². The summed E-state index contributed by atoms with van der Waals surface area (Å²) in [6.45, 7) is 3.05. The van der Waals surface area contributed by atoms with Crippen molar-refractivity contribution in [3.8, 4) is 11.5 Å². The van der Waals surface area contributed by atoms with Gasteiger partial charge in [-0.1, -0.05) is 6.92 Å². The molecular weight excluding hydrogens is 178 g/mol. The van der Waals surface area contributed by atoms with E-state index in [-0.39, 0.29) is 11.5 Å². The highest BCUT2D eigenvalue weighted by molar-refractivity contribution is 5.47. The molecule has 14 heavy (non-hydrogen) atoms. The van der Waals surface area contributed by atoms with E-state index in [1.54, 1.807) is 12.1 Å². The van der Waals surface area contributed by atoms with Crippen LogP contribution in [-0.2, 0) is 6.42 Å². The lowest BCUT2D eigenvalue weighted by atomic mass is 9.92. The number of benzene rings is 1. The smallest absolute Gasteiger partial charge is 0.157 e. The summed E-state index contributed by atoms with van der Waals surface area (Å²) in [6.07, 6.45) is 1.91. The molecular formula is C11H15NO2. The molecule has 76 valence electrons. The Morgan fingerprint density at radius 2 is 2.07 bits per heavy atom. The molecule has 0 radical (unpaired) electrons. The first kappa shape index (κ1) is 9.34. The number of fused-ring (bicyclic) bond motifs is 1. The van der Waals surface area contributed by atoms with Crippen LogP contribution in [0.5, 0.6) is 11.5 Å². The average Bonchev–Trinajstić information content (AvgIpc) is 2.19. The normalized spacial score (nSPS) is 20.5. The van der Waals surface area contributed by atoms with Gasteiger partial charge in [0, 0.05) is 6.04 Å². The van der Waals surface area contributed by atoms with E-state index in [1.165, 1.54) is 0 Å². The molecule has 0 bridgehead atoms. The highest BCUT2D eigenvalue weighted by atomic mass is 16.3. The summed E-state index contributed by atoms with van der Waals surface area (Å²) in [6, 6.07) is 3.66. The zero-order valence-electron chi connectivity index (χ0n) is 8.25. The summed E-state index contributed by atoms with van der Waals surface area (Å²) >= 11 is 0. The van der Waals surface area contributed by atoms with Crippen LogP contribution in [-0.4, -0.2) is 16.8 Å².